The summed E-state index contributed by atoms with van der Waals surface area (Å²) in [6.07, 6.45) is 9.78. The van der Waals surface area contributed by atoms with Gasteiger partial charge in [0.2, 0.25) is 0 Å². The second-order valence-corrected chi connectivity index (χ2v) is 6.43. The van der Waals surface area contributed by atoms with Crippen LogP contribution in [-0.2, 0) is 0 Å². The van der Waals surface area contributed by atoms with Crippen LogP contribution in [0.25, 0.3) is 0 Å². The Morgan fingerprint density at radius 3 is 1.56 bits per heavy atom. The minimum absolute atomic E-state index is 0.875. The van der Waals surface area contributed by atoms with E-state index in [0.29, 0.717) is 0 Å². The molecule has 0 unspecified atom stereocenters. The van der Waals surface area contributed by atoms with Crippen LogP contribution in [-0.4, -0.2) is 5.75 Å². The van der Waals surface area contributed by atoms with Crippen LogP contribution in [0.4, 0.5) is 0 Å². The van der Waals surface area contributed by atoms with Crippen LogP contribution in [0.15, 0.2) is 0 Å². The molecule has 0 aliphatic heterocycles. The van der Waals surface area contributed by atoms with Gasteiger partial charge in [-0.05, 0) is 29.9 Å². The molecule has 0 aliphatic carbocycles. The monoisotopic (exact) mass is 244 g/mol. The molecule has 0 fully saturated rings. The lowest BCUT2D eigenvalue weighted by Gasteiger charge is -2.14. The molecule has 98 valence electrons. The maximum atomic E-state index is 4.29. The summed E-state index contributed by atoms with van der Waals surface area (Å²) in [5.74, 6) is 3.73. The maximum Gasteiger partial charge on any atom is -0.00954 e. The first-order chi connectivity index (χ1) is 7.56. The zero-order valence-corrected chi connectivity index (χ0v) is 12.7. The van der Waals surface area contributed by atoms with Gasteiger partial charge in [0.25, 0.3) is 0 Å². The van der Waals surface area contributed by atoms with Crippen molar-refractivity contribution >= 4 is 12.6 Å². The Hall–Kier alpha value is 0.350. The Bertz CT molecular complexity index is 142. The second kappa shape index (κ2) is 10.5. The van der Waals surface area contributed by atoms with E-state index in [9.17, 15) is 0 Å². The van der Waals surface area contributed by atoms with Gasteiger partial charge in [0.1, 0.15) is 0 Å². The molecular weight excluding hydrogens is 212 g/mol. The normalized spacial score (nSPS) is 15.4. The largest absolute Gasteiger partial charge is 0.179 e. The fourth-order valence-electron chi connectivity index (χ4n) is 2.20. The molecule has 0 rings (SSSR count). The van der Waals surface area contributed by atoms with Crippen LogP contribution in [0.5, 0.6) is 0 Å². The van der Waals surface area contributed by atoms with Crippen molar-refractivity contribution in [3.63, 3.8) is 0 Å². The zero-order valence-electron chi connectivity index (χ0n) is 11.8. The van der Waals surface area contributed by atoms with Crippen molar-refractivity contribution < 1.29 is 0 Å². The molecule has 0 N–H and O–H groups in total. The summed E-state index contributed by atoms with van der Waals surface area (Å²) in [5.41, 5.74) is 0. The molecule has 1 heteroatoms. The van der Waals surface area contributed by atoms with E-state index in [4.69, 9.17) is 0 Å². The van der Waals surface area contributed by atoms with E-state index in [2.05, 4.69) is 40.3 Å². The maximum absolute atomic E-state index is 4.29. The summed E-state index contributed by atoms with van der Waals surface area (Å²) in [6, 6.07) is 0. The molecule has 2 atom stereocenters. The lowest BCUT2D eigenvalue weighted by atomic mass is 9.93. The molecular formula is C15H32S. The third kappa shape index (κ3) is 10.9. The van der Waals surface area contributed by atoms with Crippen molar-refractivity contribution in [1.82, 2.24) is 0 Å². The predicted molar refractivity (Wildman–Crippen MR) is 79.3 cm³/mol. The Kier molecular flexibility index (Phi) is 10.7. The van der Waals surface area contributed by atoms with Crippen LogP contribution in [0.3, 0.4) is 0 Å². The third-order valence-electron chi connectivity index (χ3n) is 3.49. The molecule has 0 aromatic rings. The van der Waals surface area contributed by atoms with Gasteiger partial charge in [0, 0.05) is 0 Å². The van der Waals surface area contributed by atoms with Crippen molar-refractivity contribution in [2.75, 3.05) is 5.75 Å². The first-order valence-corrected chi connectivity index (χ1v) is 7.80. The second-order valence-electron chi connectivity index (χ2n) is 5.98. The molecule has 0 aromatic heterocycles. The third-order valence-corrected chi connectivity index (χ3v) is 3.75. The number of hydrogen-bond acceptors (Lipinski definition) is 1. The van der Waals surface area contributed by atoms with Crippen molar-refractivity contribution in [3.05, 3.63) is 0 Å². The molecule has 0 bridgehead atoms. The average Bonchev–Trinajstić information content (AvgIpc) is 2.17. The average molecular weight is 244 g/mol. The standard InChI is InChI=1S/C15H32S/c1-13(2)7-5-8-14(3)9-6-10-15(4)11-12-16/h13-16H,5-12H2,1-4H3/t14-,15-/m1/s1. The SMILES string of the molecule is CC(C)CCC[C@@H](C)CCC[C@@H](C)CCS. The minimum Gasteiger partial charge on any atom is -0.179 e. The number of hydrogen-bond donors (Lipinski definition) is 1. The summed E-state index contributed by atoms with van der Waals surface area (Å²) in [6.45, 7) is 9.43. The van der Waals surface area contributed by atoms with Gasteiger partial charge in [-0.3, -0.25) is 0 Å². The highest BCUT2D eigenvalue weighted by molar-refractivity contribution is 7.80. The molecule has 0 heterocycles. The fraction of sp³-hybridized carbons (Fsp3) is 1.00. The summed E-state index contributed by atoms with van der Waals surface area (Å²) < 4.78 is 0. The van der Waals surface area contributed by atoms with Crippen molar-refractivity contribution in [1.29, 1.82) is 0 Å². The van der Waals surface area contributed by atoms with Gasteiger partial charge >= 0.3 is 0 Å². The van der Waals surface area contributed by atoms with E-state index in [0.717, 1.165) is 23.5 Å². The Balaban J connectivity index is 3.32. The smallest absolute Gasteiger partial charge is 0.00954 e. The van der Waals surface area contributed by atoms with Crippen LogP contribution >= 0.6 is 12.6 Å². The van der Waals surface area contributed by atoms with E-state index < -0.39 is 0 Å². The molecule has 0 saturated heterocycles. The predicted octanol–water partition coefficient (Wildman–Crippen LogP) is 5.58. The topological polar surface area (TPSA) is 0 Å². The molecule has 16 heavy (non-hydrogen) atoms. The lowest BCUT2D eigenvalue weighted by molar-refractivity contribution is 0.398. The van der Waals surface area contributed by atoms with Crippen LogP contribution in [0.1, 0.15) is 72.6 Å². The Morgan fingerprint density at radius 1 is 0.688 bits per heavy atom. The van der Waals surface area contributed by atoms with Gasteiger partial charge in [0.15, 0.2) is 0 Å². The fourth-order valence-corrected chi connectivity index (χ4v) is 2.64. The summed E-state index contributed by atoms with van der Waals surface area (Å²) >= 11 is 4.29. The van der Waals surface area contributed by atoms with Crippen LogP contribution < -0.4 is 0 Å². The first kappa shape index (κ1) is 16.4. The first-order valence-electron chi connectivity index (χ1n) is 7.17. The van der Waals surface area contributed by atoms with Crippen LogP contribution in [0, 0.1) is 17.8 Å². The van der Waals surface area contributed by atoms with Gasteiger partial charge in [0.05, 0.1) is 0 Å². The van der Waals surface area contributed by atoms with Gasteiger partial charge in [-0.25, -0.2) is 0 Å². The lowest BCUT2D eigenvalue weighted by Crippen LogP contribution is -2.00. The molecule has 0 saturated carbocycles. The molecule has 0 aromatic carbocycles. The van der Waals surface area contributed by atoms with Crippen molar-refractivity contribution in [2.45, 2.75) is 72.6 Å². The molecule has 0 nitrogen and oxygen atoms in total. The highest BCUT2D eigenvalue weighted by Crippen LogP contribution is 2.20. The number of thiol groups is 1. The quantitative estimate of drug-likeness (QED) is 0.477. The van der Waals surface area contributed by atoms with E-state index in [1.165, 1.54) is 44.9 Å². The van der Waals surface area contributed by atoms with Crippen LogP contribution in [0.2, 0.25) is 0 Å². The summed E-state index contributed by atoms with van der Waals surface area (Å²) in [7, 11) is 0. The van der Waals surface area contributed by atoms with E-state index in [1.807, 2.05) is 0 Å². The molecule has 0 amide bonds. The van der Waals surface area contributed by atoms with E-state index >= 15 is 0 Å². The summed E-state index contributed by atoms with van der Waals surface area (Å²) in [4.78, 5) is 0. The molecule has 0 radical (unpaired) electrons. The zero-order chi connectivity index (χ0) is 12.4. The minimum atomic E-state index is 0.875. The number of rotatable bonds is 10. The van der Waals surface area contributed by atoms with Gasteiger partial charge in [-0.2, -0.15) is 12.6 Å². The summed E-state index contributed by atoms with van der Waals surface area (Å²) in [5, 5.41) is 0. The molecule has 0 aliphatic rings. The van der Waals surface area contributed by atoms with Gasteiger partial charge in [-0.15, -0.1) is 0 Å². The van der Waals surface area contributed by atoms with E-state index in [-0.39, 0.29) is 0 Å². The Labute approximate surface area is 109 Å². The van der Waals surface area contributed by atoms with Gasteiger partial charge in [-0.1, -0.05) is 66.2 Å². The van der Waals surface area contributed by atoms with E-state index in [1.54, 1.807) is 0 Å². The highest BCUT2D eigenvalue weighted by atomic mass is 32.1. The Morgan fingerprint density at radius 2 is 1.12 bits per heavy atom. The highest BCUT2D eigenvalue weighted by Gasteiger charge is 2.05. The van der Waals surface area contributed by atoms with Crippen molar-refractivity contribution in [3.8, 4) is 0 Å². The van der Waals surface area contributed by atoms with Gasteiger partial charge < -0.3 is 0 Å². The molecule has 0 spiro atoms. The van der Waals surface area contributed by atoms with Crippen molar-refractivity contribution in [2.24, 2.45) is 17.8 Å².